The average molecular weight is 493 g/mol. The van der Waals surface area contributed by atoms with E-state index in [1.54, 1.807) is 11.8 Å². The quantitative estimate of drug-likeness (QED) is 0.349. The largest absolute Gasteiger partial charge is 0.347 e. The standard InChI is InChI=1S/C27H32N4O3S/c1-20-9-11-22(12-10-20)25-28-29-26(31(25)23-7-4-3-6-21(23)2)35-19-5-8-24(32)30-15-13-27(14-16-30)33-17-18-34-27/h3-4,6-7,9-12H,5,8,13-19H2,1-2H3. The molecule has 3 aromatic rings. The maximum atomic E-state index is 12.8. The van der Waals surface area contributed by atoms with Crippen molar-refractivity contribution in [1.29, 1.82) is 0 Å². The number of carbonyl (C=O) groups is 1. The molecule has 8 heteroatoms. The number of hydrogen-bond donors (Lipinski definition) is 0. The maximum Gasteiger partial charge on any atom is 0.222 e. The molecular formula is C27H32N4O3S. The summed E-state index contributed by atoms with van der Waals surface area (Å²) in [5, 5.41) is 9.93. The van der Waals surface area contributed by atoms with Crippen LogP contribution < -0.4 is 0 Å². The van der Waals surface area contributed by atoms with E-state index in [-0.39, 0.29) is 5.91 Å². The van der Waals surface area contributed by atoms with Gasteiger partial charge in [-0.1, -0.05) is 59.8 Å². The molecule has 0 bridgehead atoms. The van der Waals surface area contributed by atoms with Gasteiger partial charge in [-0.25, -0.2) is 0 Å². The predicted molar refractivity (Wildman–Crippen MR) is 137 cm³/mol. The fraction of sp³-hybridized carbons (Fsp3) is 0.444. The van der Waals surface area contributed by atoms with E-state index in [1.165, 1.54) is 5.56 Å². The van der Waals surface area contributed by atoms with Crippen molar-refractivity contribution in [3.05, 3.63) is 59.7 Å². The smallest absolute Gasteiger partial charge is 0.222 e. The van der Waals surface area contributed by atoms with Crippen LogP contribution in [-0.4, -0.2) is 63.4 Å². The number of ether oxygens (including phenoxy) is 2. The van der Waals surface area contributed by atoms with Crippen molar-refractivity contribution in [3.8, 4) is 17.1 Å². The van der Waals surface area contributed by atoms with Gasteiger partial charge in [0, 0.05) is 43.7 Å². The molecule has 0 saturated carbocycles. The van der Waals surface area contributed by atoms with E-state index in [9.17, 15) is 4.79 Å². The second-order valence-corrected chi connectivity index (χ2v) is 10.3. The van der Waals surface area contributed by atoms with Gasteiger partial charge in [0.25, 0.3) is 0 Å². The molecule has 2 aliphatic rings. The molecule has 2 aromatic carbocycles. The highest BCUT2D eigenvalue weighted by molar-refractivity contribution is 7.99. The lowest BCUT2D eigenvalue weighted by Crippen LogP contribution is -2.47. The van der Waals surface area contributed by atoms with Crippen LogP contribution in [0, 0.1) is 13.8 Å². The number of benzene rings is 2. The summed E-state index contributed by atoms with van der Waals surface area (Å²) in [6.45, 7) is 6.90. The topological polar surface area (TPSA) is 69.5 Å². The van der Waals surface area contributed by atoms with Crippen LogP contribution in [0.25, 0.3) is 17.1 Å². The molecule has 35 heavy (non-hydrogen) atoms. The van der Waals surface area contributed by atoms with Crippen LogP contribution in [0.5, 0.6) is 0 Å². The van der Waals surface area contributed by atoms with Gasteiger partial charge < -0.3 is 14.4 Å². The summed E-state index contributed by atoms with van der Waals surface area (Å²) < 4.78 is 13.7. The van der Waals surface area contributed by atoms with Gasteiger partial charge >= 0.3 is 0 Å². The molecule has 2 aliphatic heterocycles. The van der Waals surface area contributed by atoms with Gasteiger partial charge in [-0.3, -0.25) is 9.36 Å². The Bertz CT molecular complexity index is 1160. The number of hydrogen-bond acceptors (Lipinski definition) is 6. The lowest BCUT2D eigenvalue weighted by molar-refractivity contribution is -0.187. The van der Waals surface area contributed by atoms with E-state index in [4.69, 9.17) is 9.47 Å². The predicted octanol–water partition coefficient (Wildman–Crippen LogP) is 4.79. The number of para-hydroxylation sites is 1. The van der Waals surface area contributed by atoms with Crippen LogP contribution in [-0.2, 0) is 14.3 Å². The molecule has 1 amide bonds. The van der Waals surface area contributed by atoms with E-state index in [2.05, 4.69) is 65.0 Å². The van der Waals surface area contributed by atoms with Crippen LogP contribution in [0.3, 0.4) is 0 Å². The molecule has 0 unspecified atom stereocenters. The van der Waals surface area contributed by atoms with Crippen LogP contribution in [0.1, 0.15) is 36.8 Å². The van der Waals surface area contributed by atoms with E-state index in [0.717, 1.165) is 52.8 Å². The SMILES string of the molecule is Cc1ccc(-c2nnc(SCCCC(=O)N3CCC4(CC3)OCCO4)n2-c2ccccc2C)cc1. The first-order valence-electron chi connectivity index (χ1n) is 12.3. The van der Waals surface area contributed by atoms with Crippen molar-refractivity contribution in [2.75, 3.05) is 32.1 Å². The minimum Gasteiger partial charge on any atom is -0.347 e. The zero-order valence-electron chi connectivity index (χ0n) is 20.4. The molecule has 0 aliphatic carbocycles. The summed E-state index contributed by atoms with van der Waals surface area (Å²) in [6.07, 6.45) is 2.84. The molecule has 0 N–H and O–H groups in total. The Morgan fingerprint density at radius 1 is 1.00 bits per heavy atom. The molecule has 5 rings (SSSR count). The Labute approximate surface area is 210 Å². The molecular weight excluding hydrogens is 460 g/mol. The third-order valence-electron chi connectivity index (χ3n) is 6.76. The number of piperidine rings is 1. The Morgan fingerprint density at radius 3 is 2.43 bits per heavy atom. The van der Waals surface area contributed by atoms with Gasteiger partial charge in [-0.2, -0.15) is 0 Å². The summed E-state index contributed by atoms with van der Waals surface area (Å²) >= 11 is 1.65. The zero-order chi connectivity index (χ0) is 24.3. The van der Waals surface area contributed by atoms with Gasteiger partial charge in [0.05, 0.1) is 18.9 Å². The lowest BCUT2D eigenvalue weighted by atomic mass is 10.0. The van der Waals surface area contributed by atoms with Crippen molar-refractivity contribution >= 4 is 17.7 Å². The second-order valence-electron chi connectivity index (χ2n) is 9.23. The normalized spacial score (nSPS) is 17.3. The molecule has 2 fully saturated rings. The van der Waals surface area contributed by atoms with Gasteiger partial charge in [0.15, 0.2) is 16.8 Å². The number of likely N-dealkylation sites (tertiary alicyclic amines) is 1. The third-order valence-corrected chi connectivity index (χ3v) is 7.77. The third kappa shape index (κ3) is 5.29. The Hall–Kier alpha value is -2.68. The Morgan fingerprint density at radius 2 is 1.71 bits per heavy atom. The first kappa shape index (κ1) is 24.0. The fourth-order valence-electron chi connectivity index (χ4n) is 4.71. The summed E-state index contributed by atoms with van der Waals surface area (Å²) in [6, 6.07) is 16.7. The Kier molecular flexibility index (Phi) is 7.22. The van der Waals surface area contributed by atoms with Crippen molar-refractivity contribution < 1.29 is 14.3 Å². The lowest BCUT2D eigenvalue weighted by Gasteiger charge is -2.37. The molecule has 7 nitrogen and oxygen atoms in total. The average Bonchev–Trinajstić information content (AvgIpc) is 3.50. The van der Waals surface area contributed by atoms with Crippen LogP contribution in [0.15, 0.2) is 53.7 Å². The minimum absolute atomic E-state index is 0.208. The number of aromatic nitrogens is 3. The van der Waals surface area contributed by atoms with Crippen molar-refractivity contribution in [2.24, 2.45) is 0 Å². The van der Waals surface area contributed by atoms with Gasteiger partial charge in [0.1, 0.15) is 0 Å². The van der Waals surface area contributed by atoms with Crippen molar-refractivity contribution in [1.82, 2.24) is 19.7 Å². The number of amides is 1. The highest BCUT2D eigenvalue weighted by Gasteiger charge is 2.40. The number of rotatable bonds is 7. The number of thioether (sulfide) groups is 1. The summed E-state index contributed by atoms with van der Waals surface area (Å²) in [5.41, 5.74) is 4.48. The fourth-order valence-corrected chi connectivity index (χ4v) is 5.60. The maximum absolute atomic E-state index is 12.8. The van der Waals surface area contributed by atoms with Crippen molar-refractivity contribution in [2.45, 2.75) is 50.5 Å². The van der Waals surface area contributed by atoms with Gasteiger partial charge in [-0.15, -0.1) is 10.2 Å². The number of aryl methyl sites for hydroxylation is 2. The molecule has 0 radical (unpaired) electrons. The highest BCUT2D eigenvalue weighted by Crippen LogP contribution is 2.32. The highest BCUT2D eigenvalue weighted by atomic mass is 32.2. The summed E-state index contributed by atoms with van der Waals surface area (Å²) in [4.78, 5) is 14.7. The molecule has 1 aromatic heterocycles. The van der Waals surface area contributed by atoms with Crippen LogP contribution >= 0.6 is 11.8 Å². The van der Waals surface area contributed by atoms with Gasteiger partial charge in [0.2, 0.25) is 5.91 Å². The molecule has 0 atom stereocenters. The van der Waals surface area contributed by atoms with Crippen molar-refractivity contribution in [3.63, 3.8) is 0 Å². The van der Waals surface area contributed by atoms with E-state index >= 15 is 0 Å². The molecule has 1 spiro atoms. The first-order chi connectivity index (χ1) is 17.0. The monoisotopic (exact) mass is 492 g/mol. The van der Waals surface area contributed by atoms with Crippen LogP contribution in [0.4, 0.5) is 0 Å². The molecule has 184 valence electrons. The zero-order valence-corrected chi connectivity index (χ0v) is 21.2. The Balaban J connectivity index is 1.23. The first-order valence-corrected chi connectivity index (χ1v) is 13.3. The van der Waals surface area contributed by atoms with E-state index < -0.39 is 5.79 Å². The summed E-state index contributed by atoms with van der Waals surface area (Å²) in [5.74, 6) is 1.39. The molecule has 3 heterocycles. The van der Waals surface area contributed by atoms with Crippen LogP contribution in [0.2, 0.25) is 0 Å². The number of carbonyl (C=O) groups excluding carboxylic acids is 1. The summed E-state index contributed by atoms with van der Waals surface area (Å²) in [7, 11) is 0. The van der Waals surface area contributed by atoms with E-state index in [0.29, 0.717) is 32.7 Å². The molecule has 2 saturated heterocycles. The van der Waals surface area contributed by atoms with Gasteiger partial charge in [-0.05, 0) is 31.9 Å². The minimum atomic E-state index is -0.443. The number of nitrogens with zero attached hydrogens (tertiary/aromatic N) is 4. The van der Waals surface area contributed by atoms with E-state index in [1.807, 2.05) is 17.0 Å². The second kappa shape index (κ2) is 10.5.